The van der Waals surface area contributed by atoms with Crippen molar-refractivity contribution in [3.8, 4) is 0 Å². The second-order valence-corrected chi connectivity index (χ2v) is 2.19. The summed E-state index contributed by atoms with van der Waals surface area (Å²) in [6, 6.07) is 0. The van der Waals surface area contributed by atoms with Crippen LogP contribution in [0.15, 0.2) is 10.7 Å². The molecule has 0 radical (unpaired) electrons. The number of hydrogen-bond acceptors (Lipinski definition) is 4. The molecule has 1 N–H and O–H groups in total. The van der Waals surface area contributed by atoms with Crippen molar-refractivity contribution < 1.29 is 14.4 Å². The Balaban J connectivity index is 2.87. The largest absolute Gasteiger partial charge is 0.396 e. The first kappa shape index (κ1) is 7.94. The highest BCUT2D eigenvalue weighted by atomic mass is 16.5. The van der Waals surface area contributed by atoms with Gasteiger partial charge in [0.25, 0.3) is 0 Å². The molecule has 0 atom stereocenters. The van der Waals surface area contributed by atoms with Crippen molar-refractivity contribution in [1.29, 1.82) is 0 Å². The smallest absolute Gasteiger partial charge is 0.164 e. The average molecular weight is 155 g/mol. The highest BCUT2D eigenvalue weighted by molar-refractivity contribution is 5.94. The molecule has 1 rings (SSSR count). The highest BCUT2D eigenvalue weighted by Gasteiger charge is 2.10. The van der Waals surface area contributed by atoms with Crippen molar-refractivity contribution in [3.63, 3.8) is 0 Å². The van der Waals surface area contributed by atoms with Crippen molar-refractivity contribution in [1.82, 2.24) is 5.16 Å². The van der Waals surface area contributed by atoms with Crippen LogP contribution < -0.4 is 0 Å². The zero-order chi connectivity index (χ0) is 8.27. The van der Waals surface area contributed by atoms with Gasteiger partial charge in [-0.1, -0.05) is 5.16 Å². The minimum absolute atomic E-state index is 0.0323. The summed E-state index contributed by atoms with van der Waals surface area (Å²) in [7, 11) is 0. The zero-order valence-electron chi connectivity index (χ0n) is 6.20. The van der Waals surface area contributed by atoms with Gasteiger partial charge in [0, 0.05) is 6.42 Å². The topological polar surface area (TPSA) is 63.3 Å². The molecule has 0 aromatic carbocycles. The SMILES string of the molecule is CC(=O)c1cnoc1CCO. The summed E-state index contributed by atoms with van der Waals surface area (Å²) in [4.78, 5) is 10.8. The molecule has 0 saturated carbocycles. The number of hydrogen-bond donors (Lipinski definition) is 1. The van der Waals surface area contributed by atoms with E-state index in [0.29, 0.717) is 17.7 Å². The first-order valence-corrected chi connectivity index (χ1v) is 3.31. The third-order valence-electron chi connectivity index (χ3n) is 1.36. The van der Waals surface area contributed by atoms with Gasteiger partial charge in [-0.2, -0.15) is 0 Å². The van der Waals surface area contributed by atoms with Gasteiger partial charge in [-0.3, -0.25) is 4.79 Å². The number of aromatic nitrogens is 1. The van der Waals surface area contributed by atoms with Gasteiger partial charge in [0.1, 0.15) is 5.76 Å². The van der Waals surface area contributed by atoms with E-state index in [2.05, 4.69) is 5.16 Å². The van der Waals surface area contributed by atoms with Crippen LogP contribution in [0.3, 0.4) is 0 Å². The third kappa shape index (κ3) is 1.65. The van der Waals surface area contributed by atoms with Crippen LogP contribution in [-0.2, 0) is 6.42 Å². The molecule has 0 fully saturated rings. The fourth-order valence-electron chi connectivity index (χ4n) is 0.833. The lowest BCUT2D eigenvalue weighted by molar-refractivity contribution is 0.101. The first-order valence-electron chi connectivity index (χ1n) is 3.31. The Labute approximate surface area is 63.8 Å². The molecular weight excluding hydrogens is 146 g/mol. The number of ketones is 1. The fourth-order valence-corrected chi connectivity index (χ4v) is 0.833. The minimum Gasteiger partial charge on any atom is -0.396 e. The minimum atomic E-state index is -0.0882. The quantitative estimate of drug-likeness (QED) is 0.642. The molecule has 1 aromatic heterocycles. The lowest BCUT2D eigenvalue weighted by atomic mass is 10.1. The van der Waals surface area contributed by atoms with Crippen LogP contribution in [-0.4, -0.2) is 22.7 Å². The van der Waals surface area contributed by atoms with Gasteiger partial charge in [0.15, 0.2) is 5.78 Å². The molecule has 60 valence electrons. The Morgan fingerprint density at radius 3 is 3.09 bits per heavy atom. The van der Waals surface area contributed by atoms with Crippen molar-refractivity contribution in [2.45, 2.75) is 13.3 Å². The number of Topliss-reactive ketones (excluding diaryl/α,β-unsaturated/α-hetero) is 1. The van der Waals surface area contributed by atoms with E-state index in [1.807, 2.05) is 0 Å². The molecule has 11 heavy (non-hydrogen) atoms. The summed E-state index contributed by atoms with van der Waals surface area (Å²) in [5.41, 5.74) is 0.457. The van der Waals surface area contributed by atoms with E-state index in [1.54, 1.807) is 0 Å². The van der Waals surface area contributed by atoms with Gasteiger partial charge in [-0.15, -0.1) is 0 Å². The summed E-state index contributed by atoms with van der Waals surface area (Å²) >= 11 is 0. The standard InChI is InChI=1S/C7H9NO3/c1-5(10)6-4-8-11-7(6)2-3-9/h4,9H,2-3H2,1H3. The second-order valence-electron chi connectivity index (χ2n) is 2.19. The van der Waals surface area contributed by atoms with Crippen molar-refractivity contribution >= 4 is 5.78 Å². The van der Waals surface area contributed by atoms with Crippen LogP contribution in [0.2, 0.25) is 0 Å². The van der Waals surface area contributed by atoms with Crippen LogP contribution in [0.5, 0.6) is 0 Å². The lowest BCUT2D eigenvalue weighted by Gasteiger charge is -1.91. The van der Waals surface area contributed by atoms with Crippen molar-refractivity contribution in [2.75, 3.05) is 6.61 Å². The highest BCUT2D eigenvalue weighted by Crippen LogP contribution is 2.08. The molecule has 0 amide bonds. The Morgan fingerprint density at radius 2 is 2.55 bits per heavy atom. The average Bonchev–Trinajstić information content (AvgIpc) is 2.36. The number of carbonyl (C=O) groups excluding carboxylic acids is 1. The maximum atomic E-state index is 10.8. The normalized spacial score (nSPS) is 10.0. The molecule has 0 aliphatic heterocycles. The van der Waals surface area contributed by atoms with E-state index in [-0.39, 0.29) is 12.4 Å². The number of aliphatic hydroxyl groups excluding tert-OH is 1. The maximum Gasteiger partial charge on any atom is 0.164 e. The predicted octanol–water partition coefficient (Wildman–Crippen LogP) is 0.412. The molecule has 0 aliphatic rings. The van der Waals surface area contributed by atoms with Gasteiger partial charge in [-0.25, -0.2) is 0 Å². The van der Waals surface area contributed by atoms with Gasteiger partial charge < -0.3 is 9.63 Å². The Bertz CT molecular complexity index is 254. The molecule has 1 heterocycles. The third-order valence-corrected chi connectivity index (χ3v) is 1.36. The van der Waals surface area contributed by atoms with E-state index in [9.17, 15) is 4.79 Å². The Hall–Kier alpha value is -1.16. The van der Waals surface area contributed by atoms with Crippen LogP contribution in [0.25, 0.3) is 0 Å². The van der Waals surface area contributed by atoms with Crippen molar-refractivity contribution in [2.24, 2.45) is 0 Å². The second kappa shape index (κ2) is 3.30. The molecular formula is C7H9NO3. The predicted molar refractivity (Wildman–Crippen MR) is 37.3 cm³/mol. The van der Waals surface area contributed by atoms with Crippen LogP contribution in [0.1, 0.15) is 23.0 Å². The Kier molecular flexibility index (Phi) is 2.38. The number of rotatable bonds is 3. The molecule has 0 aliphatic carbocycles. The van der Waals surface area contributed by atoms with Crippen LogP contribution >= 0.6 is 0 Å². The molecule has 0 spiro atoms. The van der Waals surface area contributed by atoms with Crippen molar-refractivity contribution in [3.05, 3.63) is 17.5 Å². The van der Waals surface area contributed by atoms with E-state index in [0.717, 1.165) is 0 Å². The first-order chi connectivity index (χ1) is 5.25. The summed E-state index contributed by atoms with van der Waals surface area (Å²) in [5.74, 6) is 0.370. The number of aliphatic hydroxyl groups is 1. The van der Waals surface area contributed by atoms with Crippen LogP contribution in [0, 0.1) is 0 Å². The fraction of sp³-hybridized carbons (Fsp3) is 0.429. The lowest BCUT2D eigenvalue weighted by Crippen LogP contribution is -1.97. The molecule has 0 bridgehead atoms. The monoisotopic (exact) mass is 155 g/mol. The molecule has 1 aromatic rings. The summed E-state index contributed by atoms with van der Waals surface area (Å²) in [6.07, 6.45) is 1.71. The molecule has 4 nitrogen and oxygen atoms in total. The maximum absolute atomic E-state index is 10.8. The number of carbonyl (C=O) groups is 1. The van der Waals surface area contributed by atoms with E-state index in [1.165, 1.54) is 13.1 Å². The van der Waals surface area contributed by atoms with Gasteiger partial charge >= 0.3 is 0 Å². The zero-order valence-corrected chi connectivity index (χ0v) is 6.20. The van der Waals surface area contributed by atoms with Gasteiger partial charge in [-0.05, 0) is 6.92 Å². The molecule has 0 unspecified atom stereocenters. The molecule has 0 saturated heterocycles. The van der Waals surface area contributed by atoms with E-state index >= 15 is 0 Å². The van der Waals surface area contributed by atoms with Gasteiger partial charge in [0.2, 0.25) is 0 Å². The van der Waals surface area contributed by atoms with E-state index in [4.69, 9.17) is 9.63 Å². The molecule has 4 heteroatoms. The summed E-state index contributed by atoms with van der Waals surface area (Å²) < 4.78 is 4.74. The van der Waals surface area contributed by atoms with Gasteiger partial charge in [0.05, 0.1) is 18.4 Å². The number of nitrogens with zero attached hydrogens (tertiary/aromatic N) is 1. The van der Waals surface area contributed by atoms with E-state index < -0.39 is 0 Å². The summed E-state index contributed by atoms with van der Waals surface area (Å²) in [6.45, 7) is 1.41. The Morgan fingerprint density at radius 1 is 1.82 bits per heavy atom. The summed E-state index contributed by atoms with van der Waals surface area (Å²) in [5, 5.41) is 12.0. The van der Waals surface area contributed by atoms with Crippen LogP contribution in [0.4, 0.5) is 0 Å².